The molecule has 0 saturated heterocycles. The summed E-state index contributed by atoms with van der Waals surface area (Å²) < 4.78 is 104. The Kier molecular flexibility index (Phi) is 5.67. The van der Waals surface area contributed by atoms with Gasteiger partial charge in [-0.1, -0.05) is 0 Å². The lowest BCUT2D eigenvalue weighted by atomic mass is 10.1. The van der Waals surface area contributed by atoms with Crippen LogP contribution in [0.15, 0.2) is 35.4 Å². The highest BCUT2D eigenvalue weighted by Crippen LogP contribution is 2.33. The largest absolute Gasteiger partial charge is 0.483 e. The van der Waals surface area contributed by atoms with Gasteiger partial charge in [0.15, 0.2) is 16.4 Å². The number of rotatable bonds is 4. The molecule has 0 radical (unpaired) electrons. The lowest BCUT2D eigenvalue weighted by molar-refractivity contribution is -0.153. The van der Waals surface area contributed by atoms with Gasteiger partial charge in [-0.3, -0.25) is 9.78 Å². The number of carbonyl (C=O) groups excluding carboxylic acids is 1. The van der Waals surface area contributed by atoms with Gasteiger partial charge < -0.3 is 9.64 Å². The summed E-state index contributed by atoms with van der Waals surface area (Å²) in [5.74, 6) is -1.40. The average molecular weight is 468 g/mol. The van der Waals surface area contributed by atoms with Crippen molar-refractivity contribution in [1.82, 2.24) is 9.88 Å². The van der Waals surface area contributed by atoms with E-state index in [2.05, 4.69) is 9.72 Å². The third-order valence-electron chi connectivity index (χ3n) is 4.38. The average Bonchev–Trinajstić information content (AvgIpc) is 3.07. The van der Waals surface area contributed by atoms with Gasteiger partial charge in [-0.15, -0.1) is 0 Å². The summed E-state index contributed by atoms with van der Waals surface area (Å²) in [7, 11) is -3.80. The lowest BCUT2D eigenvalue weighted by Crippen LogP contribution is -2.27. The molecule has 0 bridgehead atoms. The molecule has 6 nitrogen and oxygen atoms in total. The monoisotopic (exact) mass is 468 g/mol. The molecule has 31 heavy (non-hydrogen) atoms. The third kappa shape index (κ3) is 5.27. The Morgan fingerprint density at radius 2 is 1.74 bits per heavy atom. The molecular formula is C18H14F6N2O4S. The molecule has 0 unspecified atom stereocenters. The van der Waals surface area contributed by atoms with Crippen LogP contribution in [-0.2, 0) is 29.1 Å². The van der Waals surface area contributed by atoms with E-state index in [1.165, 1.54) is 0 Å². The summed E-state index contributed by atoms with van der Waals surface area (Å²) >= 11 is 0. The van der Waals surface area contributed by atoms with Crippen LogP contribution in [0.25, 0.3) is 0 Å². The summed E-state index contributed by atoms with van der Waals surface area (Å²) in [6.07, 6.45) is -7.57. The lowest BCUT2D eigenvalue weighted by Gasteiger charge is -2.19. The van der Waals surface area contributed by atoms with Gasteiger partial charge in [-0.25, -0.2) is 8.42 Å². The number of hydrogen-bond donors (Lipinski definition) is 0. The number of amides is 1. The van der Waals surface area contributed by atoms with E-state index in [1.54, 1.807) is 0 Å². The highest BCUT2D eigenvalue weighted by atomic mass is 32.2. The maximum atomic E-state index is 12.9. The fourth-order valence-electron chi connectivity index (χ4n) is 2.94. The normalized spacial score (nSPS) is 14.5. The van der Waals surface area contributed by atoms with Crippen LogP contribution in [-0.4, -0.2) is 43.2 Å². The first-order chi connectivity index (χ1) is 14.1. The highest BCUT2D eigenvalue weighted by molar-refractivity contribution is 7.90. The third-order valence-corrected chi connectivity index (χ3v) is 5.49. The molecule has 1 amide bonds. The Balaban J connectivity index is 1.94. The Labute approximate surface area is 172 Å². The van der Waals surface area contributed by atoms with Crippen LogP contribution < -0.4 is 4.74 Å². The number of hydrogen-bond acceptors (Lipinski definition) is 5. The number of carbonyl (C=O) groups is 1. The molecule has 0 aliphatic carbocycles. The minimum Gasteiger partial charge on any atom is -0.483 e. The smallest absolute Gasteiger partial charge is 0.433 e. The maximum Gasteiger partial charge on any atom is 0.433 e. The van der Waals surface area contributed by atoms with Crippen molar-refractivity contribution in [2.45, 2.75) is 30.3 Å². The minimum atomic E-state index is -4.71. The van der Waals surface area contributed by atoms with E-state index in [0.29, 0.717) is 5.56 Å². The summed E-state index contributed by atoms with van der Waals surface area (Å²) in [6, 6.07) is 3.60. The Morgan fingerprint density at radius 1 is 1.10 bits per heavy atom. The van der Waals surface area contributed by atoms with Gasteiger partial charge in [0, 0.05) is 25.5 Å². The predicted molar refractivity (Wildman–Crippen MR) is 93.9 cm³/mol. The molecule has 13 heteroatoms. The number of fused-ring (bicyclic) bond motifs is 1. The van der Waals surface area contributed by atoms with E-state index in [0.717, 1.165) is 41.6 Å². The molecule has 2 heterocycles. The molecule has 0 saturated carbocycles. The van der Waals surface area contributed by atoms with E-state index in [-0.39, 0.29) is 23.5 Å². The molecule has 168 valence electrons. The molecule has 0 atom stereocenters. The van der Waals surface area contributed by atoms with Crippen molar-refractivity contribution >= 4 is 15.7 Å². The first-order valence-corrected chi connectivity index (χ1v) is 10.4. The number of aromatic nitrogens is 1. The zero-order valence-corrected chi connectivity index (χ0v) is 16.5. The molecule has 1 aliphatic rings. The zero-order chi connectivity index (χ0) is 23.2. The predicted octanol–water partition coefficient (Wildman–Crippen LogP) is 3.60. The van der Waals surface area contributed by atoms with Crippen LogP contribution in [0, 0.1) is 0 Å². The van der Waals surface area contributed by atoms with Crippen molar-refractivity contribution in [2.75, 3.05) is 12.9 Å². The zero-order valence-electron chi connectivity index (χ0n) is 15.7. The molecule has 0 spiro atoms. The molecule has 0 fully saturated rings. The molecule has 2 aromatic rings. The van der Waals surface area contributed by atoms with Crippen molar-refractivity contribution in [1.29, 1.82) is 0 Å². The summed E-state index contributed by atoms with van der Waals surface area (Å²) in [4.78, 5) is 17.0. The van der Waals surface area contributed by atoms with Crippen molar-refractivity contribution < 1.29 is 44.3 Å². The minimum absolute atomic E-state index is 0.152. The van der Waals surface area contributed by atoms with E-state index < -0.39 is 51.7 Å². The summed E-state index contributed by atoms with van der Waals surface area (Å²) in [5, 5.41) is 0. The quantitative estimate of drug-likeness (QED) is 0.641. The van der Waals surface area contributed by atoms with Crippen LogP contribution in [0.4, 0.5) is 26.3 Å². The molecule has 3 rings (SSSR count). The van der Waals surface area contributed by atoms with Crippen LogP contribution in [0.1, 0.15) is 27.2 Å². The van der Waals surface area contributed by atoms with E-state index in [4.69, 9.17) is 0 Å². The van der Waals surface area contributed by atoms with Gasteiger partial charge in [0.1, 0.15) is 11.4 Å². The summed E-state index contributed by atoms with van der Waals surface area (Å²) in [6.45, 7) is -2.13. The van der Waals surface area contributed by atoms with Crippen LogP contribution in [0.2, 0.25) is 0 Å². The topological polar surface area (TPSA) is 76.6 Å². The molecule has 0 N–H and O–H groups in total. The molecule has 1 aromatic carbocycles. The first-order valence-electron chi connectivity index (χ1n) is 8.53. The number of nitrogens with zero attached hydrogens (tertiary/aromatic N) is 2. The SMILES string of the molecule is CS(=O)(=O)c1ccc(OCC(F)(F)F)c(C(=O)N2Cc3cnc(C(F)(F)F)cc3C2)c1. The van der Waals surface area contributed by atoms with Gasteiger partial charge in [-0.2, -0.15) is 26.3 Å². The van der Waals surface area contributed by atoms with E-state index in [1.807, 2.05) is 0 Å². The molecule has 1 aromatic heterocycles. The second-order valence-corrected chi connectivity index (χ2v) is 8.85. The summed E-state index contributed by atoms with van der Waals surface area (Å²) in [5.41, 5.74) is -1.09. The van der Waals surface area contributed by atoms with Crippen molar-refractivity contribution in [3.63, 3.8) is 0 Å². The van der Waals surface area contributed by atoms with Gasteiger partial charge in [0.2, 0.25) is 0 Å². The van der Waals surface area contributed by atoms with Crippen LogP contribution in [0.3, 0.4) is 0 Å². The number of ether oxygens (including phenoxy) is 1. The number of alkyl halides is 6. The van der Waals surface area contributed by atoms with Gasteiger partial charge >= 0.3 is 12.4 Å². The first kappa shape index (κ1) is 22.8. The van der Waals surface area contributed by atoms with Gasteiger partial charge in [0.25, 0.3) is 5.91 Å². The Morgan fingerprint density at radius 3 is 2.32 bits per heavy atom. The molecule has 1 aliphatic heterocycles. The van der Waals surface area contributed by atoms with Crippen molar-refractivity contribution in [2.24, 2.45) is 0 Å². The van der Waals surface area contributed by atoms with Gasteiger partial charge in [0.05, 0.1) is 10.5 Å². The number of sulfone groups is 1. The number of pyridine rings is 1. The Hall–Kier alpha value is -2.83. The van der Waals surface area contributed by atoms with E-state index in [9.17, 15) is 39.6 Å². The van der Waals surface area contributed by atoms with Crippen LogP contribution in [0.5, 0.6) is 5.75 Å². The second kappa shape index (κ2) is 7.70. The van der Waals surface area contributed by atoms with E-state index >= 15 is 0 Å². The highest BCUT2D eigenvalue weighted by Gasteiger charge is 2.35. The molecular weight excluding hydrogens is 454 g/mol. The van der Waals surface area contributed by atoms with Gasteiger partial charge in [-0.05, 0) is 35.4 Å². The maximum absolute atomic E-state index is 12.9. The standard InChI is InChI=1S/C18H14F6N2O4S/c1-31(28,29)12-2-3-14(30-9-17(19,20)21)13(5-12)16(27)26-7-10-4-15(18(22,23)24)25-6-11(10)8-26/h2-6H,7-9H2,1H3. The van der Waals surface area contributed by atoms with Crippen LogP contribution >= 0.6 is 0 Å². The number of halogens is 6. The van der Waals surface area contributed by atoms with Crippen molar-refractivity contribution in [3.8, 4) is 5.75 Å². The second-order valence-electron chi connectivity index (χ2n) is 6.83. The van der Waals surface area contributed by atoms with Crippen molar-refractivity contribution in [3.05, 3.63) is 52.8 Å². The Bertz CT molecular complexity index is 1130. The fraction of sp³-hybridized carbons (Fsp3) is 0.333. The number of benzene rings is 1. The fourth-order valence-corrected chi connectivity index (χ4v) is 3.59.